The number of carbonyl (C=O) groups is 1. The highest BCUT2D eigenvalue weighted by atomic mass is 35.5. The predicted octanol–water partition coefficient (Wildman–Crippen LogP) is 4.00. The first-order chi connectivity index (χ1) is 11.4. The van der Waals surface area contributed by atoms with Gasteiger partial charge in [0, 0.05) is 5.02 Å². The van der Waals surface area contributed by atoms with E-state index in [1.54, 1.807) is 31.2 Å². The van der Waals surface area contributed by atoms with Crippen molar-refractivity contribution in [1.82, 2.24) is 5.32 Å². The maximum absolute atomic E-state index is 12.2. The van der Waals surface area contributed by atoms with Crippen molar-refractivity contribution in [2.45, 2.75) is 32.9 Å². The van der Waals surface area contributed by atoms with Crippen molar-refractivity contribution in [3.05, 3.63) is 59.1 Å². The number of amides is 1. The highest BCUT2D eigenvalue weighted by molar-refractivity contribution is 6.30. The van der Waals surface area contributed by atoms with Gasteiger partial charge in [-0.2, -0.15) is 0 Å². The SMILES string of the molecule is Cc1ccc(OC[C@H](C)NC(=O)[C@H](C)Oc2ccc(Cl)cc2)cc1. The summed E-state index contributed by atoms with van der Waals surface area (Å²) in [5.74, 6) is 1.20. The number of ether oxygens (including phenoxy) is 2. The zero-order valence-electron chi connectivity index (χ0n) is 14.1. The van der Waals surface area contributed by atoms with Crippen LogP contribution in [0.3, 0.4) is 0 Å². The van der Waals surface area contributed by atoms with E-state index in [0.717, 1.165) is 5.75 Å². The molecule has 0 spiro atoms. The van der Waals surface area contributed by atoms with E-state index in [9.17, 15) is 4.79 Å². The monoisotopic (exact) mass is 347 g/mol. The molecule has 0 aliphatic carbocycles. The Morgan fingerprint density at radius 1 is 1.04 bits per heavy atom. The van der Waals surface area contributed by atoms with Gasteiger partial charge in [-0.15, -0.1) is 0 Å². The molecular weight excluding hydrogens is 326 g/mol. The minimum atomic E-state index is -0.604. The lowest BCUT2D eigenvalue weighted by molar-refractivity contribution is -0.128. The maximum Gasteiger partial charge on any atom is 0.261 e. The van der Waals surface area contributed by atoms with Crippen molar-refractivity contribution in [2.24, 2.45) is 0 Å². The summed E-state index contributed by atoms with van der Waals surface area (Å²) < 4.78 is 11.3. The van der Waals surface area contributed by atoms with E-state index in [2.05, 4.69) is 5.32 Å². The van der Waals surface area contributed by atoms with E-state index >= 15 is 0 Å². The second kappa shape index (κ2) is 8.60. The first-order valence-electron chi connectivity index (χ1n) is 7.86. The van der Waals surface area contributed by atoms with E-state index < -0.39 is 6.10 Å². The number of aryl methyl sites for hydroxylation is 1. The quantitative estimate of drug-likeness (QED) is 0.823. The molecule has 0 aromatic heterocycles. The van der Waals surface area contributed by atoms with Crippen LogP contribution in [0, 0.1) is 6.92 Å². The van der Waals surface area contributed by atoms with Crippen LogP contribution in [0.25, 0.3) is 0 Å². The molecule has 0 saturated heterocycles. The maximum atomic E-state index is 12.2. The van der Waals surface area contributed by atoms with Crippen LogP contribution < -0.4 is 14.8 Å². The molecule has 0 aliphatic rings. The Bertz CT molecular complexity index is 655. The van der Waals surface area contributed by atoms with Gasteiger partial charge in [0.1, 0.15) is 18.1 Å². The summed E-state index contributed by atoms with van der Waals surface area (Å²) >= 11 is 5.82. The lowest BCUT2D eigenvalue weighted by Crippen LogP contribution is -2.43. The van der Waals surface area contributed by atoms with Crippen LogP contribution in [0.4, 0.5) is 0 Å². The molecule has 1 N–H and O–H groups in total. The number of halogens is 1. The van der Waals surface area contributed by atoms with Gasteiger partial charge in [-0.25, -0.2) is 0 Å². The van der Waals surface area contributed by atoms with Crippen LogP contribution in [-0.4, -0.2) is 24.7 Å². The zero-order valence-corrected chi connectivity index (χ0v) is 14.8. The molecule has 0 saturated carbocycles. The molecule has 4 nitrogen and oxygen atoms in total. The standard InChI is InChI=1S/C19H22ClNO3/c1-13-4-8-17(9-5-13)23-12-14(2)21-19(22)15(3)24-18-10-6-16(20)7-11-18/h4-11,14-15H,12H2,1-3H3,(H,21,22)/t14-,15-/m0/s1. The van der Waals surface area contributed by atoms with Crippen molar-refractivity contribution >= 4 is 17.5 Å². The highest BCUT2D eigenvalue weighted by Crippen LogP contribution is 2.17. The van der Waals surface area contributed by atoms with Crippen LogP contribution in [0.5, 0.6) is 11.5 Å². The Labute approximate surface area is 147 Å². The molecule has 0 bridgehead atoms. The van der Waals surface area contributed by atoms with Gasteiger partial charge < -0.3 is 14.8 Å². The van der Waals surface area contributed by atoms with E-state index in [0.29, 0.717) is 17.4 Å². The summed E-state index contributed by atoms with van der Waals surface area (Å²) in [5.41, 5.74) is 1.18. The molecule has 24 heavy (non-hydrogen) atoms. The molecule has 0 aliphatic heterocycles. The molecule has 0 unspecified atom stereocenters. The molecule has 2 atom stereocenters. The number of hydrogen-bond donors (Lipinski definition) is 1. The van der Waals surface area contributed by atoms with Gasteiger partial charge in [-0.1, -0.05) is 29.3 Å². The Kier molecular flexibility index (Phi) is 6.50. The third kappa shape index (κ3) is 5.78. The molecule has 128 valence electrons. The van der Waals surface area contributed by atoms with Crippen molar-refractivity contribution in [2.75, 3.05) is 6.61 Å². The molecule has 2 aromatic rings. The van der Waals surface area contributed by atoms with Crippen LogP contribution in [0.2, 0.25) is 5.02 Å². The smallest absolute Gasteiger partial charge is 0.261 e. The summed E-state index contributed by atoms with van der Waals surface area (Å²) in [6.45, 7) is 6.01. The molecule has 5 heteroatoms. The number of carbonyl (C=O) groups excluding carboxylic acids is 1. The van der Waals surface area contributed by atoms with E-state index in [-0.39, 0.29) is 11.9 Å². The van der Waals surface area contributed by atoms with Crippen molar-refractivity contribution in [3.63, 3.8) is 0 Å². The Morgan fingerprint density at radius 2 is 1.62 bits per heavy atom. The normalized spacial score (nSPS) is 13.0. The zero-order chi connectivity index (χ0) is 17.5. The van der Waals surface area contributed by atoms with Crippen molar-refractivity contribution in [1.29, 1.82) is 0 Å². The van der Waals surface area contributed by atoms with Crippen LogP contribution in [0.1, 0.15) is 19.4 Å². The Hall–Kier alpha value is -2.20. The number of benzene rings is 2. The first-order valence-corrected chi connectivity index (χ1v) is 8.24. The fourth-order valence-corrected chi connectivity index (χ4v) is 2.15. The topological polar surface area (TPSA) is 47.6 Å². The largest absolute Gasteiger partial charge is 0.491 e. The number of nitrogens with one attached hydrogen (secondary N) is 1. The van der Waals surface area contributed by atoms with Crippen LogP contribution >= 0.6 is 11.6 Å². The molecule has 0 heterocycles. The fourth-order valence-electron chi connectivity index (χ4n) is 2.03. The molecule has 2 rings (SSSR count). The van der Waals surface area contributed by atoms with Gasteiger partial charge in [0.05, 0.1) is 6.04 Å². The molecule has 2 aromatic carbocycles. The minimum Gasteiger partial charge on any atom is -0.491 e. The average molecular weight is 348 g/mol. The van der Waals surface area contributed by atoms with Crippen molar-refractivity contribution in [3.8, 4) is 11.5 Å². The first kappa shape index (κ1) is 18.1. The van der Waals surface area contributed by atoms with Gasteiger partial charge >= 0.3 is 0 Å². The summed E-state index contributed by atoms with van der Waals surface area (Å²) in [4.78, 5) is 12.2. The van der Waals surface area contributed by atoms with Crippen LogP contribution in [-0.2, 0) is 4.79 Å². The summed E-state index contributed by atoms with van der Waals surface area (Å²) in [6, 6.07) is 14.6. The van der Waals surface area contributed by atoms with Gasteiger partial charge in [0.2, 0.25) is 0 Å². The number of hydrogen-bond acceptors (Lipinski definition) is 3. The van der Waals surface area contributed by atoms with Crippen molar-refractivity contribution < 1.29 is 14.3 Å². The highest BCUT2D eigenvalue weighted by Gasteiger charge is 2.17. The molecular formula is C19H22ClNO3. The summed E-state index contributed by atoms with van der Waals surface area (Å²) in [7, 11) is 0. The molecule has 1 amide bonds. The third-order valence-corrected chi connectivity index (χ3v) is 3.66. The lowest BCUT2D eigenvalue weighted by atomic mass is 10.2. The van der Waals surface area contributed by atoms with Gasteiger partial charge in [0.15, 0.2) is 6.10 Å². The van der Waals surface area contributed by atoms with Crippen LogP contribution in [0.15, 0.2) is 48.5 Å². The fraction of sp³-hybridized carbons (Fsp3) is 0.316. The second-order valence-electron chi connectivity index (χ2n) is 5.75. The summed E-state index contributed by atoms with van der Waals surface area (Å²) in [5, 5.41) is 3.50. The lowest BCUT2D eigenvalue weighted by Gasteiger charge is -2.19. The molecule has 0 radical (unpaired) electrons. The van der Waals surface area contributed by atoms with E-state index in [4.69, 9.17) is 21.1 Å². The Morgan fingerprint density at radius 3 is 2.25 bits per heavy atom. The predicted molar refractivity (Wildman–Crippen MR) is 95.8 cm³/mol. The minimum absolute atomic E-state index is 0.130. The van der Waals surface area contributed by atoms with E-state index in [1.165, 1.54) is 5.56 Å². The Balaban J connectivity index is 1.77. The van der Waals surface area contributed by atoms with Gasteiger partial charge in [0.25, 0.3) is 5.91 Å². The van der Waals surface area contributed by atoms with Gasteiger partial charge in [-0.05, 0) is 57.2 Å². The molecule has 0 fully saturated rings. The van der Waals surface area contributed by atoms with Gasteiger partial charge in [-0.3, -0.25) is 4.79 Å². The second-order valence-corrected chi connectivity index (χ2v) is 6.18. The average Bonchev–Trinajstić information content (AvgIpc) is 2.56. The third-order valence-electron chi connectivity index (χ3n) is 3.41. The van der Waals surface area contributed by atoms with E-state index in [1.807, 2.05) is 38.1 Å². The number of rotatable bonds is 7. The summed E-state index contributed by atoms with van der Waals surface area (Å²) in [6.07, 6.45) is -0.604.